The maximum absolute atomic E-state index is 13.2. The summed E-state index contributed by atoms with van der Waals surface area (Å²) in [6, 6.07) is 13.1. The number of amides is 2. The van der Waals surface area contributed by atoms with Gasteiger partial charge in [0.2, 0.25) is 0 Å². The highest BCUT2D eigenvalue weighted by atomic mass is 16.5. The van der Waals surface area contributed by atoms with E-state index in [2.05, 4.69) is 5.32 Å². The number of ether oxygens (including phenoxy) is 2. The number of aryl methyl sites for hydroxylation is 1. The van der Waals surface area contributed by atoms with Crippen molar-refractivity contribution < 1.29 is 19.1 Å². The number of nitrogens with zero attached hydrogens (tertiary/aromatic N) is 1. The van der Waals surface area contributed by atoms with Crippen LogP contribution in [0.15, 0.2) is 48.2 Å². The first-order valence-corrected chi connectivity index (χ1v) is 10.1. The van der Waals surface area contributed by atoms with Gasteiger partial charge in [0.05, 0.1) is 12.2 Å². The van der Waals surface area contributed by atoms with Gasteiger partial charge in [0.1, 0.15) is 11.4 Å². The molecule has 6 heteroatoms. The molecule has 3 rings (SSSR count). The van der Waals surface area contributed by atoms with Gasteiger partial charge in [-0.2, -0.15) is 0 Å². The number of carbonyl (C=O) groups is 2. The van der Waals surface area contributed by atoms with Gasteiger partial charge < -0.3 is 14.8 Å². The molecule has 2 aromatic rings. The maximum Gasteiger partial charge on any atom is 0.278 e. The van der Waals surface area contributed by atoms with E-state index in [1.54, 1.807) is 7.11 Å². The fourth-order valence-corrected chi connectivity index (χ4v) is 3.44. The van der Waals surface area contributed by atoms with Crippen molar-refractivity contribution in [2.45, 2.75) is 27.2 Å². The molecule has 6 nitrogen and oxygen atoms in total. The minimum Gasteiger partial charge on any atom is -0.494 e. The quantitative estimate of drug-likeness (QED) is 0.503. The molecule has 2 aromatic carbocycles. The van der Waals surface area contributed by atoms with Crippen molar-refractivity contribution in [3.05, 3.63) is 64.9 Å². The maximum atomic E-state index is 13.2. The molecular weight excluding hydrogens is 380 g/mol. The highest BCUT2D eigenvalue weighted by Gasteiger charge is 2.39. The molecule has 0 aliphatic carbocycles. The van der Waals surface area contributed by atoms with Gasteiger partial charge in [0.15, 0.2) is 0 Å². The molecule has 158 valence electrons. The van der Waals surface area contributed by atoms with Crippen molar-refractivity contribution in [2.24, 2.45) is 0 Å². The summed E-state index contributed by atoms with van der Waals surface area (Å²) in [7, 11) is 1.60. The van der Waals surface area contributed by atoms with Crippen LogP contribution in [0.1, 0.15) is 30.0 Å². The zero-order valence-corrected chi connectivity index (χ0v) is 18.0. The number of rotatable bonds is 9. The Morgan fingerprint density at radius 3 is 2.40 bits per heavy atom. The van der Waals surface area contributed by atoms with Crippen LogP contribution in [-0.4, -0.2) is 43.6 Å². The molecule has 0 atom stereocenters. The molecular formula is C24H28N2O4. The van der Waals surface area contributed by atoms with E-state index in [0.29, 0.717) is 43.0 Å². The van der Waals surface area contributed by atoms with Gasteiger partial charge in [-0.1, -0.05) is 24.3 Å². The number of imide groups is 1. The SMILES string of the molecule is CCOc1ccc(C2=C(Nc3cccc(C)c3C)C(=O)N(CCCOC)C2=O)cc1. The smallest absolute Gasteiger partial charge is 0.278 e. The Bertz CT molecular complexity index is 964. The van der Waals surface area contributed by atoms with Crippen LogP contribution < -0.4 is 10.1 Å². The first-order valence-electron chi connectivity index (χ1n) is 10.1. The van der Waals surface area contributed by atoms with E-state index >= 15 is 0 Å². The van der Waals surface area contributed by atoms with Crippen molar-refractivity contribution in [3.63, 3.8) is 0 Å². The number of benzene rings is 2. The van der Waals surface area contributed by atoms with Crippen LogP contribution in [0.2, 0.25) is 0 Å². The van der Waals surface area contributed by atoms with Crippen LogP contribution in [0.25, 0.3) is 5.57 Å². The Hall–Kier alpha value is -3.12. The minimum atomic E-state index is -0.319. The number of nitrogens with one attached hydrogen (secondary N) is 1. The fraction of sp³-hybridized carbons (Fsp3) is 0.333. The van der Waals surface area contributed by atoms with E-state index in [4.69, 9.17) is 9.47 Å². The van der Waals surface area contributed by atoms with Crippen LogP contribution in [0.3, 0.4) is 0 Å². The van der Waals surface area contributed by atoms with Gasteiger partial charge in [-0.05, 0) is 62.1 Å². The van der Waals surface area contributed by atoms with Crippen LogP contribution in [0.5, 0.6) is 5.75 Å². The summed E-state index contributed by atoms with van der Waals surface area (Å²) >= 11 is 0. The highest BCUT2D eigenvalue weighted by Crippen LogP contribution is 2.32. The lowest BCUT2D eigenvalue weighted by molar-refractivity contribution is -0.136. The predicted molar refractivity (Wildman–Crippen MR) is 117 cm³/mol. The predicted octanol–water partition coefficient (Wildman–Crippen LogP) is 3.93. The number of methoxy groups -OCH3 is 1. The Balaban J connectivity index is 2.01. The zero-order valence-electron chi connectivity index (χ0n) is 18.0. The molecule has 0 aromatic heterocycles. The first kappa shape index (κ1) is 21.6. The minimum absolute atomic E-state index is 0.298. The van der Waals surface area contributed by atoms with Crippen LogP contribution >= 0.6 is 0 Å². The van der Waals surface area contributed by atoms with E-state index in [1.165, 1.54) is 4.90 Å². The van der Waals surface area contributed by atoms with Crippen molar-refractivity contribution in [3.8, 4) is 5.75 Å². The Labute approximate surface area is 177 Å². The summed E-state index contributed by atoms with van der Waals surface area (Å²) in [6.07, 6.45) is 0.585. The Kier molecular flexibility index (Phi) is 6.90. The Morgan fingerprint density at radius 2 is 1.73 bits per heavy atom. The van der Waals surface area contributed by atoms with E-state index in [1.807, 2.05) is 63.2 Å². The summed E-state index contributed by atoms with van der Waals surface area (Å²) in [5, 5.41) is 3.24. The number of hydrogen-bond donors (Lipinski definition) is 1. The van der Waals surface area contributed by atoms with Gasteiger partial charge in [0, 0.05) is 25.9 Å². The second-order valence-electron chi connectivity index (χ2n) is 7.19. The van der Waals surface area contributed by atoms with Gasteiger partial charge in [0.25, 0.3) is 11.8 Å². The third kappa shape index (κ3) is 4.39. The van der Waals surface area contributed by atoms with Gasteiger partial charge >= 0.3 is 0 Å². The number of carbonyl (C=O) groups excluding carboxylic acids is 2. The molecule has 0 spiro atoms. The lowest BCUT2D eigenvalue weighted by Crippen LogP contribution is -2.34. The summed E-state index contributed by atoms with van der Waals surface area (Å²) in [6.45, 7) is 7.28. The summed E-state index contributed by atoms with van der Waals surface area (Å²) in [5.41, 5.74) is 4.31. The monoisotopic (exact) mass is 408 g/mol. The average molecular weight is 408 g/mol. The molecule has 1 aliphatic rings. The average Bonchev–Trinajstić information content (AvgIpc) is 2.96. The molecule has 0 bridgehead atoms. The lowest BCUT2D eigenvalue weighted by atomic mass is 10.0. The second-order valence-corrected chi connectivity index (χ2v) is 7.19. The topological polar surface area (TPSA) is 67.9 Å². The van der Waals surface area contributed by atoms with Crippen LogP contribution in [0.4, 0.5) is 5.69 Å². The molecule has 1 N–H and O–H groups in total. The third-order valence-corrected chi connectivity index (χ3v) is 5.22. The first-order chi connectivity index (χ1) is 14.5. The van der Waals surface area contributed by atoms with Crippen molar-refractivity contribution in [1.29, 1.82) is 0 Å². The van der Waals surface area contributed by atoms with Crippen LogP contribution in [-0.2, 0) is 14.3 Å². The molecule has 0 unspecified atom stereocenters. The molecule has 0 fully saturated rings. The number of hydrogen-bond acceptors (Lipinski definition) is 5. The lowest BCUT2D eigenvalue weighted by Gasteiger charge is -2.15. The third-order valence-electron chi connectivity index (χ3n) is 5.22. The zero-order chi connectivity index (χ0) is 21.7. The molecule has 1 aliphatic heterocycles. The number of anilines is 1. The van der Waals surface area contributed by atoms with E-state index in [9.17, 15) is 9.59 Å². The fourth-order valence-electron chi connectivity index (χ4n) is 3.44. The molecule has 1 heterocycles. The normalized spacial score (nSPS) is 13.9. The summed E-state index contributed by atoms with van der Waals surface area (Å²) in [4.78, 5) is 27.7. The Morgan fingerprint density at radius 1 is 1.00 bits per heavy atom. The van der Waals surface area contributed by atoms with E-state index in [0.717, 1.165) is 22.6 Å². The van der Waals surface area contributed by atoms with Crippen molar-refractivity contribution >= 4 is 23.1 Å². The molecule has 2 amide bonds. The van der Waals surface area contributed by atoms with Crippen LogP contribution in [0, 0.1) is 13.8 Å². The van der Waals surface area contributed by atoms with Gasteiger partial charge in [-0.3, -0.25) is 14.5 Å². The standard InChI is InChI=1S/C24H28N2O4/c1-5-30-19-12-10-18(11-13-19)21-22(25-20-9-6-8-16(2)17(20)3)24(28)26(23(21)27)14-7-15-29-4/h6,8-13,25H,5,7,14-15H2,1-4H3. The highest BCUT2D eigenvalue weighted by molar-refractivity contribution is 6.36. The largest absolute Gasteiger partial charge is 0.494 e. The molecule has 0 radical (unpaired) electrons. The molecule has 30 heavy (non-hydrogen) atoms. The second kappa shape index (κ2) is 9.59. The van der Waals surface area contributed by atoms with Gasteiger partial charge in [-0.25, -0.2) is 0 Å². The molecule has 0 saturated carbocycles. The van der Waals surface area contributed by atoms with Crippen molar-refractivity contribution in [2.75, 3.05) is 32.2 Å². The van der Waals surface area contributed by atoms with E-state index < -0.39 is 0 Å². The van der Waals surface area contributed by atoms with E-state index in [-0.39, 0.29) is 11.8 Å². The summed E-state index contributed by atoms with van der Waals surface area (Å²) < 4.78 is 10.6. The van der Waals surface area contributed by atoms with Gasteiger partial charge in [-0.15, -0.1) is 0 Å². The van der Waals surface area contributed by atoms with Crippen molar-refractivity contribution in [1.82, 2.24) is 4.90 Å². The summed E-state index contributed by atoms with van der Waals surface area (Å²) in [5.74, 6) is 0.105. The molecule has 0 saturated heterocycles.